The standard InChI is InChI=1S/C18H22N2O5/c1-11(2)8-9-19-15(21)10-25-18(24)12(3)20-16(22)13-6-4-5-7-14(13)17(20)23/h4-7,11-12H,8-10H2,1-3H3,(H,19,21)/t12-/m0/s1. The van der Waals surface area contributed by atoms with Gasteiger partial charge in [0.1, 0.15) is 6.04 Å². The molecule has 1 N–H and O–H groups in total. The Kier molecular flexibility index (Phi) is 5.90. The van der Waals surface area contributed by atoms with E-state index in [4.69, 9.17) is 4.74 Å². The summed E-state index contributed by atoms with van der Waals surface area (Å²) in [6.45, 7) is 5.54. The molecular weight excluding hydrogens is 324 g/mol. The largest absolute Gasteiger partial charge is 0.454 e. The van der Waals surface area contributed by atoms with Gasteiger partial charge in [-0.15, -0.1) is 0 Å². The first-order valence-electron chi connectivity index (χ1n) is 8.23. The number of rotatable bonds is 7. The van der Waals surface area contributed by atoms with Crippen molar-refractivity contribution in [2.75, 3.05) is 13.2 Å². The third-order valence-corrected chi connectivity index (χ3v) is 3.94. The second-order valence-corrected chi connectivity index (χ2v) is 6.34. The van der Waals surface area contributed by atoms with Crippen molar-refractivity contribution < 1.29 is 23.9 Å². The summed E-state index contributed by atoms with van der Waals surface area (Å²) in [5.41, 5.74) is 0.525. The minimum Gasteiger partial charge on any atom is -0.454 e. The van der Waals surface area contributed by atoms with Crippen molar-refractivity contribution >= 4 is 23.7 Å². The molecule has 0 aromatic heterocycles. The molecule has 1 aliphatic heterocycles. The van der Waals surface area contributed by atoms with Gasteiger partial charge in [0.15, 0.2) is 6.61 Å². The van der Waals surface area contributed by atoms with Gasteiger partial charge < -0.3 is 10.1 Å². The van der Waals surface area contributed by atoms with Crippen LogP contribution >= 0.6 is 0 Å². The number of nitrogens with one attached hydrogen (secondary N) is 1. The van der Waals surface area contributed by atoms with Crippen LogP contribution < -0.4 is 5.32 Å². The van der Waals surface area contributed by atoms with Crippen LogP contribution in [0, 0.1) is 5.92 Å². The molecule has 0 unspecified atom stereocenters. The van der Waals surface area contributed by atoms with Crippen LogP contribution in [0.5, 0.6) is 0 Å². The number of esters is 1. The molecule has 1 atom stereocenters. The summed E-state index contributed by atoms with van der Waals surface area (Å²) in [5.74, 6) is -1.83. The van der Waals surface area contributed by atoms with Gasteiger partial charge >= 0.3 is 5.97 Å². The fourth-order valence-electron chi connectivity index (χ4n) is 2.47. The smallest absolute Gasteiger partial charge is 0.329 e. The SMILES string of the molecule is CC(C)CCNC(=O)COC(=O)[C@H](C)N1C(=O)c2ccccc2C1=O. The molecule has 25 heavy (non-hydrogen) atoms. The monoisotopic (exact) mass is 346 g/mol. The van der Waals surface area contributed by atoms with Crippen LogP contribution in [0.2, 0.25) is 0 Å². The van der Waals surface area contributed by atoms with Gasteiger partial charge in [0.25, 0.3) is 17.7 Å². The molecule has 0 bridgehead atoms. The molecule has 7 nitrogen and oxygen atoms in total. The lowest BCUT2D eigenvalue weighted by molar-refractivity contribution is -0.151. The third kappa shape index (κ3) is 4.23. The molecule has 1 aromatic carbocycles. The van der Waals surface area contributed by atoms with E-state index in [9.17, 15) is 19.2 Å². The molecule has 0 saturated heterocycles. The second kappa shape index (κ2) is 7.92. The Hall–Kier alpha value is -2.70. The summed E-state index contributed by atoms with van der Waals surface area (Å²) in [5, 5.41) is 2.65. The van der Waals surface area contributed by atoms with Crippen molar-refractivity contribution in [3.63, 3.8) is 0 Å². The molecule has 2 rings (SSSR count). The van der Waals surface area contributed by atoms with Gasteiger partial charge in [-0.25, -0.2) is 4.79 Å². The van der Waals surface area contributed by atoms with Crippen LogP contribution in [0.3, 0.4) is 0 Å². The topological polar surface area (TPSA) is 92.8 Å². The van der Waals surface area contributed by atoms with Crippen LogP contribution in [0.15, 0.2) is 24.3 Å². The summed E-state index contributed by atoms with van der Waals surface area (Å²) in [7, 11) is 0. The van der Waals surface area contributed by atoms with Gasteiger partial charge in [0.2, 0.25) is 0 Å². The maximum Gasteiger partial charge on any atom is 0.329 e. The Balaban J connectivity index is 1.90. The van der Waals surface area contributed by atoms with E-state index < -0.39 is 36.3 Å². The van der Waals surface area contributed by atoms with Crippen molar-refractivity contribution in [3.05, 3.63) is 35.4 Å². The summed E-state index contributed by atoms with van der Waals surface area (Å²) >= 11 is 0. The zero-order chi connectivity index (χ0) is 18.6. The predicted molar refractivity (Wildman–Crippen MR) is 89.8 cm³/mol. The zero-order valence-corrected chi connectivity index (χ0v) is 14.6. The van der Waals surface area contributed by atoms with Gasteiger partial charge in [-0.3, -0.25) is 19.3 Å². The molecular formula is C18H22N2O5. The number of nitrogens with zero attached hydrogens (tertiary/aromatic N) is 1. The number of ether oxygens (including phenoxy) is 1. The predicted octanol–water partition coefficient (Wildman–Crippen LogP) is 1.38. The maximum atomic E-state index is 12.3. The average molecular weight is 346 g/mol. The minimum absolute atomic E-state index is 0.263. The number of carbonyl (C=O) groups is 4. The van der Waals surface area contributed by atoms with Crippen molar-refractivity contribution in [1.29, 1.82) is 0 Å². The molecule has 0 saturated carbocycles. The Bertz CT molecular complexity index is 663. The fourth-order valence-corrected chi connectivity index (χ4v) is 2.47. The Labute approximate surface area is 146 Å². The maximum absolute atomic E-state index is 12.3. The molecule has 0 spiro atoms. The van der Waals surface area contributed by atoms with Crippen molar-refractivity contribution in [2.45, 2.75) is 33.2 Å². The molecule has 134 valence electrons. The van der Waals surface area contributed by atoms with Crippen molar-refractivity contribution in [2.24, 2.45) is 5.92 Å². The van der Waals surface area contributed by atoms with E-state index in [-0.39, 0.29) is 11.1 Å². The highest BCUT2D eigenvalue weighted by Gasteiger charge is 2.41. The number of fused-ring (bicyclic) bond motifs is 1. The van der Waals surface area contributed by atoms with E-state index in [0.29, 0.717) is 12.5 Å². The summed E-state index contributed by atoms with van der Waals surface area (Å²) in [6, 6.07) is 5.28. The third-order valence-electron chi connectivity index (χ3n) is 3.94. The Morgan fingerprint density at radius 2 is 1.64 bits per heavy atom. The number of amides is 3. The summed E-state index contributed by atoms with van der Waals surface area (Å²) in [4.78, 5) is 49.2. The molecule has 7 heteroatoms. The van der Waals surface area contributed by atoms with Gasteiger partial charge in [-0.1, -0.05) is 26.0 Å². The van der Waals surface area contributed by atoms with Crippen LogP contribution in [0.4, 0.5) is 0 Å². The van der Waals surface area contributed by atoms with E-state index in [0.717, 1.165) is 11.3 Å². The van der Waals surface area contributed by atoms with E-state index >= 15 is 0 Å². The van der Waals surface area contributed by atoms with Gasteiger partial charge in [0, 0.05) is 6.54 Å². The minimum atomic E-state index is -1.10. The highest BCUT2D eigenvalue weighted by atomic mass is 16.5. The lowest BCUT2D eigenvalue weighted by Crippen LogP contribution is -2.44. The first kappa shape index (κ1) is 18.6. The number of hydrogen-bond donors (Lipinski definition) is 1. The quantitative estimate of drug-likeness (QED) is 0.595. The van der Waals surface area contributed by atoms with E-state index in [1.807, 2.05) is 13.8 Å². The van der Waals surface area contributed by atoms with E-state index in [2.05, 4.69) is 5.32 Å². The molecule has 0 radical (unpaired) electrons. The number of imide groups is 1. The second-order valence-electron chi connectivity index (χ2n) is 6.34. The molecule has 3 amide bonds. The molecule has 1 heterocycles. The average Bonchev–Trinajstić information content (AvgIpc) is 2.83. The fraction of sp³-hybridized carbons (Fsp3) is 0.444. The number of benzene rings is 1. The molecule has 0 aliphatic carbocycles. The Morgan fingerprint density at radius 3 is 2.16 bits per heavy atom. The lowest BCUT2D eigenvalue weighted by Gasteiger charge is -2.20. The van der Waals surface area contributed by atoms with Gasteiger partial charge in [-0.2, -0.15) is 0 Å². The van der Waals surface area contributed by atoms with E-state index in [1.54, 1.807) is 12.1 Å². The van der Waals surface area contributed by atoms with Crippen LogP contribution in [0.25, 0.3) is 0 Å². The van der Waals surface area contributed by atoms with E-state index in [1.165, 1.54) is 19.1 Å². The molecule has 0 fully saturated rings. The van der Waals surface area contributed by atoms with Crippen molar-refractivity contribution in [1.82, 2.24) is 10.2 Å². The molecule has 1 aromatic rings. The Morgan fingerprint density at radius 1 is 1.08 bits per heavy atom. The first-order chi connectivity index (χ1) is 11.8. The number of carbonyl (C=O) groups excluding carboxylic acids is 4. The molecule has 1 aliphatic rings. The highest BCUT2D eigenvalue weighted by Crippen LogP contribution is 2.24. The van der Waals surface area contributed by atoms with Gasteiger partial charge in [0.05, 0.1) is 11.1 Å². The van der Waals surface area contributed by atoms with Crippen LogP contribution in [-0.4, -0.2) is 47.8 Å². The number of hydrogen-bond acceptors (Lipinski definition) is 5. The van der Waals surface area contributed by atoms with Gasteiger partial charge in [-0.05, 0) is 31.4 Å². The normalized spacial score (nSPS) is 14.5. The lowest BCUT2D eigenvalue weighted by atomic mass is 10.1. The first-order valence-corrected chi connectivity index (χ1v) is 8.23. The van der Waals surface area contributed by atoms with Crippen LogP contribution in [0.1, 0.15) is 47.9 Å². The van der Waals surface area contributed by atoms with Crippen molar-refractivity contribution in [3.8, 4) is 0 Å². The zero-order valence-electron chi connectivity index (χ0n) is 14.6. The summed E-state index contributed by atoms with van der Waals surface area (Å²) in [6.07, 6.45) is 0.825. The summed E-state index contributed by atoms with van der Waals surface area (Å²) < 4.78 is 4.93. The highest BCUT2D eigenvalue weighted by molar-refractivity contribution is 6.22. The van der Waals surface area contributed by atoms with Crippen LogP contribution in [-0.2, 0) is 14.3 Å².